The SMILES string of the molecule is CN1CC(NC(=O)c2cn(C3CC3)nn2)C1. The fourth-order valence-corrected chi connectivity index (χ4v) is 1.95. The van der Waals surface area contributed by atoms with Crippen molar-refractivity contribution < 1.29 is 4.79 Å². The highest BCUT2D eigenvalue weighted by molar-refractivity contribution is 5.92. The fraction of sp³-hybridized carbons (Fsp3) is 0.700. The number of likely N-dealkylation sites (N-methyl/N-ethyl adjacent to an activating group) is 1. The topological polar surface area (TPSA) is 63.1 Å². The summed E-state index contributed by atoms with van der Waals surface area (Å²) in [5.41, 5.74) is 0.432. The molecule has 0 spiro atoms. The molecule has 2 aliphatic rings. The number of carbonyl (C=O) groups is 1. The maximum absolute atomic E-state index is 11.8. The van der Waals surface area contributed by atoms with Gasteiger partial charge in [-0.1, -0.05) is 5.21 Å². The highest BCUT2D eigenvalue weighted by atomic mass is 16.2. The van der Waals surface area contributed by atoms with E-state index in [4.69, 9.17) is 0 Å². The Hall–Kier alpha value is -1.43. The van der Waals surface area contributed by atoms with Gasteiger partial charge in [-0.3, -0.25) is 4.79 Å². The summed E-state index contributed by atoms with van der Waals surface area (Å²) in [6.07, 6.45) is 4.05. The molecule has 0 bridgehead atoms. The number of nitrogens with zero attached hydrogens (tertiary/aromatic N) is 4. The molecule has 0 radical (unpaired) electrons. The molecule has 0 aromatic carbocycles. The third kappa shape index (κ3) is 1.80. The summed E-state index contributed by atoms with van der Waals surface area (Å²) in [6, 6.07) is 0.743. The van der Waals surface area contributed by atoms with Crippen LogP contribution in [0, 0.1) is 0 Å². The zero-order valence-corrected chi connectivity index (χ0v) is 9.26. The third-order valence-corrected chi connectivity index (χ3v) is 3.06. The Kier molecular flexibility index (Phi) is 2.17. The zero-order valence-electron chi connectivity index (χ0n) is 9.26. The second kappa shape index (κ2) is 3.55. The van der Waals surface area contributed by atoms with Gasteiger partial charge in [-0.05, 0) is 19.9 Å². The number of nitrogens with one attached hydrogen (secondary N) is 1. The van der Waals surface area contributed by atoms with E-state index in [0.29, 0.717) is 11.7 Å². The molecule has 6 heteroatoms. The van der Waals surface area contributed by atoms with Crippen LogP contribution in [0.2, 0.25) is 0 Å². The first kappa shape index (κ1) is 9.77. The van der Waals surface area contributed by atoms with Crippen LogP contribution in [0.3, 0.4) is 0 Å². The minimum absolute atomic E-state index is 0.106. The first-order valence-corrected chi connectivity index (χ1v) is 5.63. The molecule has 1 aliphatic carbocycles. The number of likely N-dealkylation sites (tertiary alicyclic amines) is 1. The number of hydrogen-bond acceptors (Lipinski definition) is 4. The molecule has 16 heavy (non-hydrogen) atoms. The monoisotopic (exact) mass is 221 g/mol. The normalized spacial score (nSPS) is 21.8. The van der Waals surface area contributed by atoms with Gasteiger partial charge in [0.1, 0.15) is 0 Å². The molecule has 1 saturated heterocycles. The Morgan fingerprint density at radius 2 is 2.25 bits per heavy atom. The maximum atomic E-state index is 11.8. The van der Waals surface area contributed by atoms with Crippen molar-refractivity contribution >= 4 is 5.91 Å². The summed E-state index contributed by atoms with van der Waals surface area (Å²) >= 11 is 0. The van der Waals surface area contributed by atoms with Gasteiger partial charge in [0.15, 0.2) is 5.69 Å². The minimum Gasteiger partial charge on any atom is -0.345 e. The number of amides is 1. The lowest BCUT2D eigenvalue weighted by Gasteiger charge is -2.36. The zero-order chi connectivity index (χ0) is 11.1. The van der Waals surface area contributed by atoms with Gasteiger partial charge in [-0.15, -0.1) is 5.10 Å². The van der Waals surface area contributed by atoms with Gasteiger partial charge >= 0.3 is 0 Å². The molecule has 86 valence electrons. The Labute approximate surface area is 93.6 Å². The summed E-state index contributed by atoms with van der Waals surface area (Å²) in [6.45, 7) is 1.84. The molecule has 1 aromatic rings. The Morgan fingerprint density at radius 3 is 2.88 bits per heavy atom. The Bertz CT molecular complexity index is 405. The van der Waals surface area contributed by atoms with Gasteiger partial charge in [-0.25, -0.2) is 4.68 Å². The molecule has 1 aliphatic heterocycles. The molecule has 2 heterocycles. The van der Waals surface area contributed by atoms with Crippen LogP contribution in [0.5, 0.6) is 0 Å². The van der Waals surface area contributed by atoms with Crippen molar-refractivity contribution in [2.24, 2.45) is 0 Å². The van der Waals surface area contributed by atoms with Crippen LogP contribution in [0.15, 0.2) is 6.20 Å². The average molecular weight is 221 g/mol. The van der Waals surface area contributed by atoms with E-state index in [2.05, 4.69) is 20.5 Å². The predicted molar refractivity (Wildman–Crippen MR) is 57.0 cm³/mol. The van der Waals surface area contributed by atoms with Crippen molar-refractivity contribution in [1.82, 2.24) is 25.2 Å². The van der Waals surface area contributed by atoms with Crippen LogP contribution >= 0.6 is 0 Å². The maximum Gasteiger partial charge on any atom is 0.273 e. The number of aromatic nitrogens is 3. The van der Waals surface area contributed by atoms with Crippen molar-refractivity contribution in [3.8, 4) is 0 Å². The van der Waals surface area contributed by atoms with Crippen LogP contribution in [0.4, 0.5) is 0 Å². The number of rotatable bonds is 3. The summed E-state index contributed by atoms with van der Waals surface area (Å²) in [4.78, 5) is 13.9. The molecule has 1 amide bonds. The highest BCUT2D eigenvalue weighted by Gasteiger charge is 2.28. The van der Waals surface area contributed by atoms with Gasteiger partial charge in [0.25, 0.3) is 5.91 Å². The lowest BCUT2D eigenvalue weighted by atomic mass is 10.1. The summed E-state index contributed by atoms with van der Waals surface area (Å²) in [5, 5.41) is 10.8. The third-order valence-electron chi connectivity index (χ3n) is 3.06. The molecule has 2 fully saturated rings. The van der Waals surface area contributed by atoms with Crippen LogP contribution in [-0.4, -0.2) is 52.0 Å². The second-order valence-corrected chi connectivity index (χ2v) is 4.71. The molecule has 0 unspecified atom stereocenters. The standard InChI is InChI=1S/C10H15N5O/c1-14-4-7(5-14)11-10(16)9-6-15(13-12-9)8-2-3-8/h6-8H,2-5H2,1H3,(H,11,16). The molecular formula is C10H15N5O. The van der Waals surface area contributed by atoms with Crippen LogP contribution in [0.25, 0.3) is 0 Å². The van der Waals surface area contributed by atoms with E-state index in [1.54, 1.807) is 10.9 Å². The lowest BCUT2D eigenvalue weighted by molar-refractivity contribution is 0.0852. The molecule has 6 nitrogen and oxygen atoms in total. The van der Waals surface area contributed by atoms with Gasteiger partial charge in [0, 0.05) is 13.1 Å². The average Bonchev–Trinajstić information content (AvgIpc) is 2.94. The fourth-order valence-electron chi connectivity index (χ4n) is 1.95. The van der Waals surface area contributed by atoms with Crippen LogP contribution in [0.1, 0.15) is 29.4 Å². The molecule has 1 saturated carbocycles. The van der Waals surface area contributed by atoms with Gasteiger partial charge in [0.2, 0.25) is 0 Å². The van der Waals surface area contributed by atoms with E-state index in [-0.39, 0.29) is 11.9 Å². The molecular weight excluding hydrogens is 206 g/mol. The van der Waals surface area contributed by atoms with E-state index < -0.39 is 0 Å². The molecule has 0 atom stereocenters. The lowest BCUT2D eigenvalue weighted by Crippen LogP contribution is -2.57. The van der Waals surface area contributed by atoms with Crippen LogP contribution < -0.4 is 5.32 Å². The van der Waals surface area contributed by atoms with Crippen molar-refractivity contribution in [1.29, 1.82) is 0 Å². The summed E-state index contributed by atoms with van der Waals surface area (Å²) in [5.74, 6) is -0.106. The number of carbonyl (C=O) groups excluding carboxylic acids is 1. The van der Waals surface area contributed by atoms with E-state index in [1.807, 2.05) is 7.05 Å². The first-order chi connectivity index (χ1) is 7.72. The minimum atomic E-state index is -0.106. The Morgan fingerprint density at radius 1 is 1.50 bits per heavy atom. The van der Waals surface area contributed by atoms with Gasteiger partial charge < -0.3 is 10.2 Å². The van der Waals surface area contributed by atoms with E-state index >= 15 is 0 Å². The molecule has 1 aromatic heterocycles. The van der Waals surface area contributed by atoms with Crippen molar-refractivity contribution in [2.45, 2.75) is 24.9 Å². The second-order valence-electron chi connectivity index (χ2n) is 4.71. The van der Waals surface area contributed by atoms with E-state index in [0.717, 1.165) is 25.9 Å². The van der Waals surface area contributed by atoms with Crippen LogP contribution in [-0.2, 0) is 0 Å². The Balaban J connectivity index is 1.60. The van der Waals surface area contributed by atoms with Gasteiger partial charge in [-0.2, -0.15) is 0 Å². The van der Waals surface area contributed by atoms with Crippen molar-refractivity contribution in [3.05, 3.63) is 11.9 Å². The summed E-state index contributed by atoms with van der Waals surface area (Å²) < 4.78 is 1.79. The van der Waals surface area contributed by atoms with Gasteiger partial charge in [0.05, 0.1) is 18.3 Å². The largest absolute Gasteiger partial charge is 0.345 e. The van der Waals surface area contributed by atoms with Crippen molar-refractivity contribution in [2.75, 3.05) is 20.1 Å². The van der Waals surface area contributed by atoms with E-state index in [9.17, 15) is 4.79 Å². The predicted octanol–water partition coefficient (Wildman–Crippen LogP) is -0.343. The smallest absolute Gasteiger partial charge is 0.273 e. The van der Waals surface area contributed by atoms with Crippen molar-refractivity contribution in [3.63, 3.8) is 0 Å². The molecule has 3 rings (SSSR count). The van der Waals surface area contributed by atoms with E-state index in [1.165, 1.54) is 0 Å². The number of hydrogen-bond donors (Lipinski definition) is 1. The summed E-state index contributed by atoms with van der Waals surface area (Å²) in [7, 11) is 2.03. The first-order valence-electron chi connectivity index (χ1n) is 5.63. The highest BCUT2D eigenvalue weighted by Crippen LogP contribution is 2.33. The molecule has 1 N–H and O–H groups in total. The quantitative estimate of drug-likeness (QED) is 0.758.